The Morgan fingerprint density at radius 1 is 0.943 bits per heavy atom. The van der Waals surface area contributed by atoms with Crippen molar-refractivity contribution in [3.63, 3.8) is 0 Å². The average Bonchev–Trinajstić information content (AvgIpc) is 2.81. The number of anilines is 2. The Hall–Kier alpha value is -3.50. The molecule has 2 amide bonds. The van der Waals surface area contributed by atoms with Gasteiger partial charge in [-0.25, -0.2) is 0 Å². The smallest absolute Gasteiger partial charge is 0.266 e. The van der Waals surface area contributed by atoms with Gasteiger partial charge in [-0.3, -0.25) is 9.59 Å². The molecule has 0 fully saturated rings. The van der Waals surface area contributed by atoms with E-state index < -0.39 is 5.91 Å². The molecule has 178 valence electrons. The molecule has 3 aromatic carbocycles. The van der Waals surface area contributed by atoms with Crippen molar-refractivity contribution in [3.8, 4) is 11.8 Å². The Kier molecular flexibility index (Phi) is 8.78. The highest BCUT2D eigenvalue weighted by Crippen LogP contribution is 2.35. The maximum absolute atomic E-state index is 12.5. The summed E-state index contributed by atoms with van der Waals surface area (Å²) in [7, 11) is 0. The summed E-state index contributed by atoms with van der Waals surface area (Å²) in [5.74, 6) is -0.908. The third-order valence-corrected chi connectivity index (χ3v) is 5.94. The minimum atomic E-state index is -0.642. The molecule has 0 heterocycles. The van der Waals surface area contributed by atoms with Crippen molar-refractivity contribution in [1.29, 1.82) is 5.26 Å². The lowest BCUT2D eigenvalue weighted by Crippen LogP contribution is -2.21. The monoisotopic (exact) mass is 527 g/mol. The minimum Gasteiger partial charge on any atom is -0.481 e. The fourth-order valence-corrected chi connectivity index (χ4v) is 3.87. The van der Waals surface area contributed by atoms with Gasteiger partial charge in [0.15, 0.2) is 12.4 Å². The zero-order valence-corrected chi connectivity index (χ0v) is 21.1. The fraction of sp³-hybridized carbons (Fsp3) is 0.115. The zero-order chi connectivity index (χ0) is 25.5. The molecule has 0 aromatic heterocycles. The standard InChI is InChI=1S/C26H20Cl3N3O3/c1-15-6-5-9-22(16(15)2)31-24(33)14-35-25-20(28)11-17(12-21(25)29)10-18(13-30)26(34)32-23-8-4-3-7-19(23)27/h3-12H,14H2,1-2H3,(H,31,33)(H,32,34)/b18-10+. The lowest BCUT2D eigenvalue weighted by molar-refractivity contribution is -0.118. The summed E-state index contributed by atoms with van der Waals surface area (Å²) in [5.41, 5.74) is 3.29. The van der Waals surface area contributed by atoms with Gasteiger partial charge in [-0.2, -0.15) is 5.26 Å². The molecule has 0 saturated carbocycles. The van der Waals surface area contributed by atoms with Crippen LogP contribution in [0.1, 0.15) is 16.7 Å². The Labute approximate surface area is 218 Å². The molecular formula is C26H20Cl3N3O3. The summed E-state index contributed by atoms with van der Waals surface area (Å²) in [4.78, 5) is 24.9. The van der Waals surface area contributed by atoms with Gasteiger partial charge in [0.2, 0.25) is 0 Å². The molecule has 6 nitrogen and oxygen atoms in total. The maximum atomic E-state index is 12.5. The average molecular weight is 529 g/mol. The number of hydrogen-bond acceptors (Lipinski definition) is 4. The third-order valence-electron chi connectivity index (χ3n) is 5.05. The Morgan fingerprint density at radius 2 is 1.60 bits per heavy atom. The molecule has 0 saturated heterocycles. The first-order valence-corrected chi connectivity index (χ1v) is 11.5. The van der Waals surface area contributed by atoms with E-state index >= 15 is 0 Å². The van der Waals surface area contributed by atoms with E-state index in [1.165, 1.54) is 18.2 Å². The molecule has 0 aliphatic heterocycles. The highest BCUT2D eigenvalue weighted by Gasteiger charge is 2.15. The van der Waals surface area contributed by atoms with Gasteiger partial charge in [0, 0.05) is 5.69 Å². The van der Waals surface area contributed by atoms with Crippen molar-refractivity contribution in [2.75, 3.05) is 17.2 Å². The number of nitriles is 1. The Bertz CT molecular complexity index is 1340. The summed E-state index contributed by atoms with van der Waals surface area (Å²) < 4.78 is 5.54. The number of benzene rings is 3. The lowest BCUT2D eigenvalue weighted by atomic mass is 10.1. The van der Waals surface area contributed by atoms with Crippen LogP contribution < -0.4 is 15.4 Å². The molecule has 9 heteroatoms. The van der Waals surface area contributed by atoms with E-state index in [0.29, 0.717) is 22.0 Å². The topological polar surface area (TPSA) is 91.2 Å². The van der Waals surface area contributed by atoms with Crippen LogP contribution in [0.5, 0.6) is 5.75 Å². The van der Waals surface area contributed by atoms with E-state index in [-0.39, 0.29) is 33.9 Å². The quantitative estimate of drug-likeness (QED) is 0.260. The number of hydrogen-bond donors (Lipinski definition) is 2. The van der Waals surface area contributed by atoms with Crippen molar-refractivity contribution in [3.05, 3.63) is 91.9 Å². The number of aryl methyl sites for hydroxylation is 1. The number of para-hydroxylation sites is 1. The van der Waals surface area contributed by atoms with Crippen LogP contribution in [0.4, 0.5) is 11.4 Å². The molecule has 2 N–H and O–H groups in total. The predicted molar refractivity (Wildman–Crippen MR) is 140 cm³/mol. The highest BCUT2D eigenvalue weighted by molar-refractivity contribution is 6.37. The van der Waals surface area contributed by atoms with Gasteiger partial charge in [0.25, 0.3) is 11.8 Å². The van der Waals surface area contributed by atoms with Crippen molar-refractivity contribution in [2.45, 2.75) is 13.8 Å². The van der Waals surface area contributed by atoms with Gasteiger partial charge in [-0.15, -0.1) is 0 Å². The first-order chi connectivity index (χ1) is 16.7. The SMILES string of the molecule is Cc1cccc(NC(=O)COc2c(Cl)cc(/C=C(\C#N)C(=O)Nc3ccccc3Cl)cc2Cl)c1C. The molecule has 35 heavy (non-hydrogen) atoms. The van der Waals surface area contributed by atoms with Crippen LogP contribution in [0, 0.1) is 25.2 Å². The van der Waals surface area contributed by atoms with Crippen LogP contribution in [0.3, 0.4) is 0 Å². The molecule has 0 aliphatic carbocycles. The van der Waals surface area contributed by atoms with Gasteiger partial charge in [-0.1, -0.05) is 59.1 Å². The summed E-state index contributed by atoms with van der Waals surface area (Å²) >= 11 is 18.7. The highest BCUT2D eigenvalue weighted by atomic mass is 35.5. The van der Waals surface area contributed by atoms with E-state index in [1.807, 2.05) is 32.0 Å². The zero-order valence-electron chi connectivity index (χ0n) is 18.8. The summed E-state index contributed by atoms with van der Waals surface area (Å²) in [6.07, 6.45) is 1.33. The first-order valence-electron chi connectivity index (χ1n) is 10.3. The Morgan fingerprint density at radius 3 is 2.26 bits per heavy atom. The minimum absolute atomic E-state index is 0.112. The second kappa shape index (κ2) is 11.8. The second-order valence-electron chi connectivity index (χ2n) is 7.50. The number of amides is 2. The third kappa shape index (κ3) is 6.77. The molecule has 3 aromatic rings. The van der Waals surface area contributed by atoms with Crippen LogP contribution >= 0.6 is 34.8 Å². The lowest BCUT2D eigenvalue weighted by Gasteiger charge is -2.13. The van der Waals surface area contributed by atoms with Crippen molar-refractivity contribution >= 4 is 64.1 Å². The molecule has 0 radical (unpaired) electrons. The van der Waals surface area contributed by atoms with Gasteiger partial charge in [-0.05, 0) is 66.9 Å². The van der Waals surface area contributed by atoms with E-state index in [4.69, 9.17) is 39.5 Å². The molecule has 0 bridgehead atoms. The molecule has 3 rings (SSSR count). The first kappa shape index (κ1) is 26.1. The van der Waals surface area contributed by atoms with E-state index in [0.717, 1.165) is 11.1 Å². The van der Waals surface area contributed by atoms with Crippen LogP contribution in [-0.2, 0) is 9.59 Å². The van der Waals surface area contributed by atoms with Gasteiger partial charge in [0.1, 0.15) is 11.6 Å². The Balaban J connectivity index is 1.71. The van der Waals surface area contributed by atoms with Crippen LogP contribution in [0.25, 0.3) is 6.08 Å². The molecule has 0 aliphatic rings. The van der Waals surface area contributed by atoms with Gasteiger partial charge < -0.3 is 15.4 Å². The van der Waals surface area contributed by atoms with E-state index in [9.17, 15) is 14.9 Å². The molecule has 0 unspecified atom stereocenters. The van der Waals surface area contributed by atoms with Crippen LogP contribution in [-0.4, -0.2) is 18.4 Å². The van der Waals surface area contributed by atoms with Crippen LogP contribution in [0.2, 0.25) is 15.1 Å². The molecule has 0 atom stereocenters. The van der Waals surface area contributed by atoms with E-state index in [1.54, 1.807) is 30.3 Å². The summed E-state index contributed by atoms with van der Waals surface area (Å²) in [6.45, 7) is 3.55. The number of nitrogens with one attached hydrogen (secondary N) is 2. The number of carbonyl (C=O) groups excluding carboxylic acids is 2. The number of halogens is 3. The second-order valence-corrected chi connectivity index (χ2v) is 8.72. The molecule has 0 spiro atoms. The normalized spacial score (nSPS) is 10.9. The molecular weight excluding hydrogens is 509 g/mol. The maximum Gasteiger partial charge on any atom is 0.266 e. The van der Waals surface area contributed by atoms with Crippen molar-refractivity contribution in [2.24, 2.45) is 0 Å². The number of carbonyl (C=O) groups is 2. The van der Waals surface area contributed by atoms with Gasteiger partial charge in [0.05, 0.1) is 20.8 Å². The van der Waals surface area contributed by atoms with Crippen molar-refractivity contribution < 1.29 is 14.3 Å². The summed E-state index contributed by atoms with van der Waals surface area (Å²) in [5, 5.41) is 15.4. The predicted octanol–water partition coefficient (Wildman–Crippen LogP) is 6.83. The summed E-state index contributed by atoms with van der Waals surface area (Å²) in [6, 6.07) is 17.1. The number of ether oxygens (including phenoxy) is 1. The number of nitrogens with zero attached hydrogens (tertiary/aromatic N) is 1. The largest absolute Gasteiger partial charge is 0.481 e. The van der Waals surface area contributed by atoms with Gasteiger partial charge >= 0.3 is 0 Å². The van der Waals surface area contributed by atoms with Crippen molar-refractivity contribution in [1.82, 2.24) is 0 Å². The fourth-order valence-electron chi connectivity index (χ4n) is 3.08. The van der Waals surface area contributed by atoms with Crippen LogP contribution in [0.15, 0.2) is 60.2 Å². The number of rotatable bonds is 7. The van der Waals surface area contributed by atoms with E-state index in [2.05, 4.69) is 10.6 Å².